The smallest absolute Gasteiger partial charge is 0.280 e. The Labute approximate surface area is 161 Å². The Kier molecular flexibility index (Phi) is 4.40. The molecule has 0 amide bonds. The van der Waals surface area contributed by atoms with Gasteiger partial charge in [0.25, 0.3) is 15.6 Å². The molecular formula is C20H16N4O3S. The maximum absolute atomic E-state index is 12.6. The molecule has 0 aliphatic carbocycles. The van der Waals surface area contributed by atoms with Crippen LogP contribution in [0, 0.1) is 6.92 Å². The Balaban J connectivity index is 1.67. The molecule has 28 heavy (non-hydrogen) atoms. The molecule has 0 fully saturated rings. The first-order valence-corrected chi connectivity index (χ1v) is 9.97. The van der Waals surface area contributed by atoms with Crippen LogP contribution in [0.2, 0.25) is 0 Å². The second-order valence-electron chi connectivity index (χ2n) is 6.29. The number of nitrogens with zero attached hydrogens (tertiary/aromatic N) is 3. The molecule has 0 saturated carbocycles. The summed E-state index contributed by atoms with van der Waals surface area (Å²) in [6, 6.07) is 19.9. The average molecular weight is 392 g/mol. The lowest BCUT2D eigenvalue weighted by molar-refractivity contribution is 0.601. The molecule has 0 aliphatic heterocycles. The molecule has 8 heteroatoms. The number of nitrogens with one attached hydrogen (secondary N) is 1. The van der Waals surface area contributed by atoms with Gasteiger partial charge in [-0.3, -0.25) is 9.52 Å². The Bertz CT molecular complexity index is 1330. The van der Waals surface area contributed by atoms with Crippen molar-refractivity contribution in [1.82, 2.24) is 15.0 Å². The van der Waals surface area contributed by atoms with E-state index in [0.29, 0.717) is 22.3 Å². The molecule has 0 radical (unpaired) electrons. The van der Waals surface area contributed by atoms with Gasteiger partial charge in [0.2, 0.25) is 0 Å². The summed E-state index contributed by atoms with van der Waals surface area (Å²) in [5.74, 6) is 0. The molecule has 4 rings (SSSR count). The number of hydrogen-bond donors (Lipinski definition) is 1. The number of anilines is 1. The fraction of sp³-hybridized carbons (Fsp3) is 0.0500. The summed E-state index contributed by atoms with van der Waals surface area (Å²) in [5.41, 5.74) is 2.05. The molecule has 0 aliphatic rings. The van der Waals surface area contributed by atoms with Crippen LogP contribution in [0.1, 0.15) is 5.56 Å². The van der Waals surface area contributed by atoms with Gasteiger partial charge in [-0.15, -0.1) is 5.10 Å². The highest BCUT2D eigenvalue weighted by atomic mass is 32.2. The second kappa shape index (κ2) is 6.90. The van der Waals surface area contributed by atoms with Crippen molar-refractivity contribution in [3.05, 3.63) is 88.7 Å². The van der Waals surface area contributed by atoms with Crippen molar-refractivity contribution < 1.29 is 8.42 Å². The lowest BCUT2D eigenvalue weighted by atomic mass is 10.2. The number of aromatic nitrogens is 3. The van der Waals surface area contributed by atoms with E-state index in [2.05, 4.69) is 15.0 Å². The maximum atomic E-state index is 12.6. The third-order valence-electron chi connectivity index (χ3n) is 4.23. The molecule has 0 saturated heterocycles. The number of aryl methyl sites for hydroxylation is 1. The van der Waals surface area contributed by atoms with Crippen LogP contribution >= 0.6 is 0 Å². The topological polar surface area (TPSA) is 93.9 Å². The molecule has 0 unspecified atom stereocenters. The summed E-state index contributed by atoms with van der Waals surface area (Å²) >= 11 is 0. The quantitative estimate of drug-likeness (QED) is 0.576. The number of benzene rings is 3. The van der Waals surface area contributed by atoms with E-state index in [1.165, 1.54) is 24.3 Å². The summed E-state index contributed by atoms with van der Waals surface area (Å²) in [7, 11) is -3.75. The van der Waals surface area contributed by atoms with E-state index in [4.69, 9.17) is 0 Å². The summed E-state index contributed by atoms with van der Waals surface area (Å²) in [4.78, 5) is 12.7. The Morgan fingerprint density at radius 3 is 2.43 bits per heavy atom. The van der Waals surface area contributed by atoms with Crippen molar-refractivity contribution in [2.75, 3.05) is 4.72 Å². The summed E-state index contributed by atoms with van der Waals surface area (Å²) in [6.07, 6.45) is 0. The van der Waals surface area contributed by atoms with Crippen molar-refractivity contribution >= 4 is 26.6 Å². The standard InChI is InChI=1S/C20H16N4O3S/c1-14-5-4-6-15(13-14)22-28(26,27)17-11-9-16(10-12-17)24-20(25)18-7-2-3-8-19(18)21-23-24/h2-13,22H,1H3. The monoisotopic (exact) mass is 392 g/mol. The molecule has 0 bridgehead atoms. The minimum atomic E-state index is -3.75. The molecule has 0 atom stereocenters. The lowest BCUT2D eigenvalue weighted by Gasteiger charge is -2.10. The predicted octanol–water partition coefficient (Wildman–Crippen LogP) is 2.89. The third-order valence-corrected chi connectivity index (χ3v) is 5.63. The predicted molar refractivity (Wildman–Crippen MR) is 107 cm³/mol. The van der Waals surface area contributed by atoms with Crippen LogP contribution in [0.5, 0.6) is 0 Å². The normalized spacial score (nSPS) is 11.5. The molecule has 0 spiro atoms. The SMILES string of the molecule is Cc1cccc(NS(=O)(=O)c2ccc(-n3nnc4ccccc4c3=O)cc2)c1. The Hall–Kier alpha value is -3.52. The molecule has 1 heterocycles. The number of fused-ring (bicyclic) bond motifs is 1. The minimum absolute atomic E-state index is 0.0829. The number of sulfonamides is 1. The first-order valence-electron chi connectivity index (χ1n) is 8.49. The highest BCUT2D eigenvalue weighted by Crippen LogP contribution is 2.18. The summed E-state index contributed by atoms with van der Waals surface area (Å²) in [5, 5.41) is 8.41. The van der Waals surface area contributed by atoms with Gasteiger partial charge >= 0.3 is 0 Å². The largest absolute Gasteiger partial charge is 0.282 e. The van der Waals surface area contributed by atoms with Crippen molar-refractivity contribution in [2.24, 2.45) is 0 Å². The maximum Gasteiger partial charge on any atom is 0.282 e. The third kappa shape index (κ3) is 3.37. The molecule has 3 aromatic carbocycles. The van der Waals surface area contributed by atoms with Gasteiger partial charge in [0.1, 0.15) is 5.52 Å². The molecule has 1 aromatic heterocycles. The van der Waals surface area contributed by atoms with Gasteiger partial charge < -0.3 is 0 Å². The van der Waals surface area contributed by atoms with Crippen molar-refractivity contribution in [3.8, 4) is 5.69 Å². The highest BCUT2D eigenvalue weighted by Gasteiger charge is 2.15. The highest BCUT2D eigenvalue weighted by molar-refractivity contribution is 7.92. The average Bonchev–Trinajstić information content (AvgIpc) is 2.68. The molecule has 7 nitrogen and oxygen atoms in total. The molecule has 140 valence electrons. The van der Waals surface area contributed by atoms with Crippen LogP contribution in [0.15, 0.2) is 82.5 Å². The Morgan fingerprint density at radius 1 is 0.929 bits per heavy atom. The van der Waals surface area contributed by atoms with E-state index in [1.54, 1.807) is 42.5 Å². The zero-order valence-corrected chi connectivity index (χ0v) is 15.7. The first kappa shape index (κ1) is 17.9. The van der Waals surface area contributed by atoms with Crippen LogP contribution < -0.4 is 10.3 Å². The van der Waals surface area contributed by atoms with Crippen molar-refractivity contribution in [2.45, 2.75) is 11.8 Å². The first-order chi connectivity index (χ1) is 13.4. The van der Waals surface area contributed by atoms with Gasteiger partial charge in [-0.1, -0.05) is 29.5 Å². The lowest BCUT2D eigenvalue weighted by Crippen LogP contribution is -2.22. The van der Waals surface area contributed by atoms with Gasteiger partial charge in [-0.05, 0) is 61.0 Å². The van der Waals surface area contributed by atoms with Crippen molar-refractivity contribution in [1.29, 1.82) is 0 Å². The van der Waals surface area contributed by atoms with Crippen LogP contribution in [0.3, 0.4) is 0 Å². The van der Waals surface area contributed by atoms with E-state index in [1.807, 2.05) is 13.0 Å². The van der Waals surface area contributed by atoms with E-state index in [-0.39, 0.29) is 10.5 Å². The van der Waals surface area contributed by atoms with E-state index < -0.39 is 10.0 Å². The fourth-order valence-corrected chi connectivity index (χ4v) is 3.90. The van der Waals surface area contributed by atoms with Gasteiger partial charge in [0.15, 0.2) is 0 Å². The zero-order valence-electron chi connectivity index (χ0n) is 14.9. The van der Waals surface area contributed by atoms with Gasteiger partial charge in [-0.2, -0.15) is 4.68 Å². The van der Waals surface area contributed by atoms with Crippen molar-refractivity contribution in [3.63, 3.8) is 0 Å². The minimum Gasteiger partial charge on any atom is -0.280 e. The van der Waals surface area contributed by atoms with Crippen LogP contribution in [0.25, 0.3) is 16.6 Å². The van der Waals surface area contributed by atoms with Gasteiger partial charge in [0, 0.05) is 5.69 Å². The summed E-state index contributed by atoms with van der Waals surface area (Å²) in [6.45, 7) is 1.88. The van der Waals surface area contributed by atoms with Crippen LogP contribution in [-0.4, -0.2) is 23.4 Å². The fourth-order valence-electron chi connectivity index (χ4n) is 2.85. The zero-order chi connectivity index (χ0) is 19.7. The molecule has 4 aromatic rings. The second-order valence-corrected chi connectivity index (χ2v) is 7.97. The van der Waals surface area contributed by atoms with Gasteiger partial charge in [-0.25, -0.2) is 8.42 Å². The molecular weight excluding hydrogens is 376 g/mol. The van der Waals surface area contributed by atoms with Crippen LogP contribution in [-0.2, 0) is 10.0 Å². The summed E-state index contributed by atoms with van der Waals surface area (Å²) < 4.78 is 28.9. The van der Waals surface area contributed by atoms with E-state index in [9.17, 15) is 13.2 Å². The van der Waals surface area contributed by atoms with E-state index in [0.717, 1.165) is 10.2 Å². The Morgan fingerprint density at radius 2 is 1.68 bits per heavy atom. The number of rotatable bonds is 4. The number of hydrogen-bond acceptors (Lipinski definition) is 5. The molecule has 1 N–H and O–H groups in total. The van der Waals surface area contributed by atoms with E-state index >= 15 is 0 Å². The van der Waals surface area contributed by atoms with Gasteiger partial charge in [0.05, 0.1) is 16.0 Å². The van der Waals surface area contributed by atoms with Crippen LogP contribution in [0.4, 0.5) is 5.69 Å².